The van der Waals surface area contributed by atoms with Gasteiger partial charge in [0.25, 0.3) is 0 Å². The van der Waals surface area contributed by atoms with Crippen LogP contribution < -0.4 is 8.92 Å². The molecule has 0 radical (unpaired) electrons. The fraction of sp³-hybridized carbons (Fsp3) is 0.150. The number of alkyl halides is 2. The normalized spacial score (nSPS) is 13.9. The zero-order valence-electron chi connectivity index (χ0n) is 14.5. The Morgan fingerprint density at radius 3 is 2.68 bits per heavy atom. The van der Waals surface area contributed by atoms with Gasteiger partial charge in [0.05, 0.1) is 4.91 Å². The average Bonchev–Trinajstić information content (AvgIpc) is 2.67. The van der Waals surface area contributed by atoms with Crippen molar-refractivity contribution in [3.8, 4) is 11.5 Å². The van der Waals surface area contributed by atoms with Crippen LogP contribution in [0.2, 0.25) is 0 Å². The molecule has 4 rings (SSSR count). The quantitative estimate of drug-likeness (QED) is 0.586. The Kier molecular flexibility index (Phi) is 4.72. The summed E-state index contributed by atoms with van der Waals surface area (Å²) in [5.41, 5.74) is 1.83. The van der Waals surface area contributed by atoms with Gasteiger partial charge in [0.15, 0.2) is 5.75 Å². The molecule has 3 aromatic rings. The first kappa shape index (κ1) is 18.4. The highest BCUT2D eigenvalue weighted by atomic mass is 32.2. The van der Waals surface area contributed by atoms with E-state index >= 15 is 0 Å². The van der Waals surface area contributed by atoms with E-state index in [1.165, 1.54) is 18.2 Å². The molecule has 1 aromatic heterocycles. The second kappa shape index (κ2) is 7.20. The van der Waals surface area contributed by atoms with Crippen molar-refractivity contribution < 1.29 is 26.1 Å². The standard InChI is InChI=1S/C20H15F2NO4S/c21-20(22)26-16-8-6-15-12-17(9-7-14(15)11-16)28(24,25)27-18-5-1-3-13-4-2-10-23-19(13)18/h1-6,8,10-12,20H,7,9H2. The van der Waals surface area contributed by atoms with Crippen LogP contribution in [0.1, 0.15) is 17.5 Å². The maximum absolute atomic E-state index is 12.8. The highest BCUT2D eigenvalue weighted by molar-refractivity contribution is 7.91. The maximum atomic E-state index is 12.8. The van der Waals surface area contributed by atoms with Crippen LogP contribution in [0.25, 0.3) is 17.0 Å². The summed E-state index contributed by atoms with van der Waals surface area (Å²) in [4.78, 5) is 4.32. The Morgan fingerprint density at radius 2 is 1.86 bits per heavy atom. The van der Waals surface area contributed by atoms with Gasteiger partial charge in [-0.2, -0.15) is 17.2 Å². The summed E-state index contributed by atoms with van der Waals surface area (Å²) in [5.74, 6) is 0.206. The predicted octanol–water partition coefficient (Wildman–Crippen LogP) is 4.53. The highest BCUT2D eigenvalue weighted by Gasteiger charge is 2.25. The van der Waals surface area contributed by atoms with Crippen LogP contribution >= 0.6 is 0 Å². The molecular weight excluding hydrogens is 388 g/mol. The molecule has 144 valence electrons. The number of para-hydroxylation sites is 1. The molecular formula is C20H15F2NO4S. The first-order valence-electron chi connectivity index (χ1n) is 8.49. The van der Waals surface area contributed by atoms with Crippen LogP contribution in [0.5, 0.6) is 11.5 Å². The Hall–Kier alpha value is -3.00. The Bertz CT molecular complexity index is 1170. The van der Waals surface area contributed by atoms with Gasteiger partial charge in [-0.15, -0.1) is 0 Å². The summed E-state index contributed by atoms with van der Waals surface area (Å²) >= 11 is 0. The first-order chi connectivity index (χ1) is 13.4. The zero-order valence-corrected chi connectivity index (χ0v) is 15.3. The molecule has 0 amide bonds. The third-order valence-electron chi connectivity index (χ3n) is 4.41. The molecule has 0 bridgehead atoms. The van der Waals surface area contributed by atoms with E-state index in [1.54, 1.807) is 30.5 Å². The minimum atomic E-state index is -4.03. The van der Waals surface area contributed by atoms with Crippen molar-refractivity contribution in [3.05, 3.63) is 70.8 Å². The van der Waals surface area contributed by atoms with Gasteiger partial charge in [-0.1, -0.05) is 24.3 Å². The van der Waals surface area contributed by atoms with Gasteiger partial charge in [0.2, 0.25) is 0 Å². The lowest BCUT2D eigenvalue weighted by atomic mass is 9.97. The smallest absolute Gasteiger partial charge is 0.387 e. The van der Waals surface area contributed by atoms with Gasteiger partial charge in [-0.25, -0.2) is 0 Å². The van der Waals surface area contributed by atoms with Crippen LogP contribution in [0.3, 0.4) is 0 Å². The molecule has 28 heavy (non-hydrogen) atoms. The Morgan fingerprint density at radius 1 is 1.04 bits per heavy atom. The van der Waals surface area contributed by atoms with Crippen LogP contribution in [0.4, 0.5) is 8.78 Å². The van der Waals surface area contributed by atoms with E-state index in [4.69, 9.17) is 4.18 Å². The number of aryl methyl sites for hydroxylation is 1. The Labute approximate surface area is 160 Å². The van der Waals surface area contributed by atoms with Gasteiger partial charge in [0.1, 0.15) is 11.3 Å². The topological polar surface area (TPSA) is 65.5 Å². The highest BCUT2D eigenvalue weighted by Crippen LogP contribution is 2.32. The number of benzene rings is 2. The number of hydrogen-bond donors (Lipinski definition) is 0. The summed E-state index contributed by atoms with van der Waals surface area (Å²) in [5, 5.41) is 0.768. The third-order valence-corrected chi connectivity index (χ3v) is 5.78. The fourth-order valence-electron chi connectivity index (χ4n) is 3.13. The fourth-order valence-corrected chi connectivity index (χ4v) is 4.23. The molecule has 0 fully saturated rings. The van der Waals surface area contributed by atoms with Gasteiger partial charge in [0, 0.05) is 11.6 Å². The van der Waals surface area contributed by atoms with Crippen molar-refractivity contribution in [2.24, 2.45) is 0 Å². The van der Waals surface area contributed by atoms with Gasteiger partial charge >= 0.3 is 16.7 Å². The molecule has 1 aliphatic carbocycles. The molecule has 1 aliphatic rings. The van der Waals surface area contributed by atoms with Crippen LogP contribution in [-0.4, -0.2) is 20.0 Å². The summed E-state index contributed by atoms with van der Waals surface area (Å²) < 4.78 is 60.0. The lowest BCUT2D eigenvalue weighted by Gasteiger charge is -2.18. The van der Waals surface area contributed by atoms with Crippen LogP contribution in [0.15, 0.2) is 59.6 Å². The molecule has 1 heterocycles. The third kappa shape index (κ3) is 3.68. The molecule has 0 saturated heterocycles. The van der Waals surface area contributed by atoms with Gasteiger partial charge < -0.3 is 8.92 Å². The zero-order chi connectivity index (χ0) is 19.7. The monoisotopic (exact) mass is 403 g/mol. The van der Waals surface area contributed by atoms with Crippen molar-refractivity contribution in [2.75, 3.05) is 0 Å². The molecule has 0 unspecified atom stereocenters. The van der Waals surface area contributed by atoms with E-state index in [-0.39, 0.29) is 22.8 Å². The summed E-state index contributed by atoms with van der Waals surface area (Å²) in [7, 11) is -4.03. The van der Waals surface area contributed by atoms with Crippen molar-refractivity contribution >= 4 is 27.1 Å². The number of nitrogens with zero attached hydrogens (tertiary/aromatic N) is 1. The molecule has 0 atom stereocenters. The number of rotatable bonds is 5. The second-order valence-electron chi connectivity index (χ2n) is 6.22. The van der Waals surface area contributed by atoms with Gasteiger partial charge in [-0.3, -0.25) is 4.98 Å². The minimum Gasteiger partial charge on any atom is -0.435 e. The molecule has 0 aliphatic heterocycles. The number of hydrogen-bond acceptors (Lipinski definition) is 5. The summed E-state index contributed by atoms with van der Waals surface area (Å²) in [6, 6.07) is 13.1. The molecule has 2 aromatic carbocycles. The number of fused-ring (bicyclic) bond motifs is 2. The van der Waals surface area contributed by atoms with E-state index in [9.17, 15) is 17.2 Å². The van der Waals surface area contributed by atoms with Crippen molar-refractivity contribution in [1.29, 1.82) is 0 Å². The number of allylic oxidation sites excluding steroid dienone is 1. The van der Waals surface area contributed by atoms with Crippen molar-refractivity contribution in [2.45, 2.75) is 19.5 Å². The first-order valence-corrected chi connectivity index (χ1v) is 9.90. The van der Waals surface area contributed by atoms with E-state index in [1.807, 2.05) is 12.1 Å². The molecule has 5 nitrogen and oxygen atoms in total. The summed E-state index contributed by atoms with van der Waals surface area (Å²) in [6.07, 6.45) is 3.64. The molecule has 8 heteroatoms. The lowest BCUT2D eigenvalue weighted by molar-refractivity contribution is -0.0498. The van der Waals surface area contributed by atoms with Crippen LogP contribution in [0, 0.1) is 0 Å². The molecule has 0 spiro atoms. The summed E-state index contributed by atoms with van der Waals surface area (Å²) in [6.45, 7) is -2.91. The lowest BCUT2D eigenvalue weighted by Crippen LogP contribution is -2.15. The van der Waals surface area contributed by atoms with E-state index in [2.05, 4.69) is 9.72 Å². The average molecular weight is 403 g/mol. The van der Waals surface area contributed by atoms with E-state index < -0.39 is 16.7 Å². The maximum Gasteiger partial charge on any atom is 0.387 e. The van der Waals surface area contributed by atoms with E-state index in [0.717, 1.165) is 10.9 Å². The van der Waals surface area contributed by atoms with Gasteiger partial charge in [-0.05, 0) is 54.3 Å². The number of ether oxygens (including phenoxy) is 1. The van der Waals surface area contributed by atoms with Crippen LogP contribution in [-0.2, 0) is 16.5 Å². The molecule has 0 N–H and O–H groups in total. The van der Waals surface area contributed by atoms with E-state index in [0.29, 0.717) is 17.5 Å². The van der Waals surface area contributed by atoms with Crippen molar-refractivity contribution in [3.63, 3.8) is 0 Å². The number of pyridine rings is 1. The predicted molar refractivity (Wildman–Crippen MR) is 101 cm³/mol. The second-order valence-corrected chi connectivity index (χ2v) is 7.82. The Balaban J connectivity index is 1.64. The minimum absolute atomic E-state index is 0.0477. The number of halogens is 2. The largest absolute Gasteiger partial charge is 0.435 e. The van der Waals surface area contributed by atoms with Crippen molar-refractivity contribution in [1.82, 2.24) is 4.98 Å². The number of aromatic nitrogens is 1. The SMILES string of the molecule is O=S(=O)(Oc1cccc2cccnc12)C1=Cc2ccc(OC(F)F)cc2CC1. The molecule has 0 saturated carbocycles.